The fourth-order valence-corrected chi connectivity index (χ4v) is 5.58. The van der Waals surface area contributed by atoms with E-state index in [1.165, 1.54) is 10.5 Å². The van der Waals surface area contributed by atoms with Gasteiger partial charge in [-0.2, -0.15) is 0 Å². The van der Waals surface area contributed by atoms with E-state index in [2.05, 4.69) is 41.0 Å². The van der Waals surface area contributed by atoms with Gasteiger partial charge in [0.1, 0.15) is 0 Å². The van der Waals surface area contributed by atoms with Crippen molar-refractivity contribution >= 4 is 29.3 Å². The predicted octanol–water partition coefficient (Wildman–Crippen LogP) is 2.66. The number of nitrogens with zero attached hydrogens (tertiary/aromatic N) is 6. The van der Waals surface area contributed by atoms with E-state index >= 15 is 0 Å². The van der Waals surface area contributed by atoms with E-state index in [1.54, 1.807) is 11.9 Å². The third-order valence-electron chi connectivity index (χ3n) is 7.64. The Hall–Kier alpha value is -3.69. The largest absolute Gasteiger partial charge is 0.379 e. The highest BCUT2D eigenvalue weighted by Crippen LogP contribution is 2.41. The van der Waals surface area contributed by atoms with Gasteiger partial charge in [0.25, 0.3) is 5.91 Å². The molecule has 37 heavy (non-hydrogen) atoms. The lowest BCUT2D eigenvalue weighted by atomic mass is 10.1. The number of para-hydroxylation sites is 1. The van der Waals surface area contributed by atoms with Crippen molar-refractivity contribution in [2.45, 2.75) is 25.6 Å². The number of likely N-dealkylation sites (N-methyl/N-ethyl adjacent to an activating group) is 1. The molecule has 2 saturated heterocycles. The molecule has 0 radical (unpaired) electrons. The van der Waals surface area contributed by atoms with Crippen LogP contribution in [0.15, 0.2) is 65.8 Å². The van der Waals surface area contributed by atoms with Crippen LogP contribution in [0.1, 0.15) is 18.1 Å². The Balaban J connectivity index is 1.35. The number of aliphatic imine (C=N–C) groups is 1. The van der Waals surface area contributed by atoms with Gasteiger partial charge in [0, 0.05) is 45.0 Å². The summed E-state index contributed by atoms with van der Waals surface area (Å²) in [5.41, 5.74) is 4.22. The summed E-state index contributed by atoms with van der Waals surface area (Å²) in [6.45, 7) is 6.11. The summed E-state index contributed by atoms with van der Waals surface area (Å²) >= 11 is 0. The third-order valence-corrected chi connectivity index (χ3v) is 7.64. The molecular weight excluding hydrogens is 468 g/mol. The molecule has 192 valence electrons. The molecule has 4 aliphatic rings. The van der Waals surface area contributed by atoms with Crippen LogP contribution in [0.4, 0.5) is 10.5 Å². The SMILES string of the molecule is CCc1ccccc1N1C(c2ccccc2)=CN2C1=NC1C2C(=O)N(CCN2CCOCC2)C(=O)N1C. The fourth-order valence-electron chi connectivity index (χ4n) is 5.58. The summed E-state index contributed by atoms with van der Waals surface area (Å²) in [7, 11) is 1.74. The number of hydrogen-bond donors (Lipinski definition) is 0. The Kier molecular flexibility index (Phi) is 6.18. The molecule has 9 nitrogen and oxygen atoms in total. The number of amides is 3. The first-order chi connectivity index (χ1) is 18.1. The number of carbonyl (C=O) groups excluding carboxylic acids is 2. The van der Waals surface area contributed by atoms with Gasteiger partial charge in [0.05, 0.1) is 24.6 Å². The zero-order chi connectivity index (χ0) is 25.5. The Morgan fingerprint density at radius 3 is 2.46 bits per heavy atom. The van der Waals surface area contributed by atoms with E-state index in [-0.39, 0.29) is 11.9 Å². The van der Waals surface area contributed by atoms with Crippen LogP contribution in [-0.2, 0) is 16.0 Å². The normalized spacial score (nSPS) is 23.8. The number of morpholine rings is 1. The van der Waals surface area contributed by atoms with Crippen LogP contribution in [0, 0.1) is 0 Å². The molecule has 0 aliphatic carbocycles. The van der Waals surface area contributed by atoms with Crippen LogP contribution < -0.4 is 4.90 Å². The molecule has 3 amide bonds. The van der Waals surface area contributed by atoms with Crippen LogP contribution in [0.5, 0.6) is 0 Å². The molecule has 6 rings (SSSR count). The van der Waals surface area contributed by atoms with Crippen LogP contribution in [0.25, 0.3) is 5.70 Å². The molecule has 2 fully saturated rings. The van der Waals surface area contributed by atoms with E-state index < -0.39 is 12.2 Å². The molecule has 0 saturated carbocycles. The Morgan fingerprint density at radius 2 is 1.70 bits per heavy atom. The molecule has 2 unspecified atom stereocenters. The van der Waals surface area contributed by atoms with Gasteiger partial charge in [-0.15, -0.1) is 0 Å². The first-order valence-electron chi connectivity index (χ1n) is 13.0. The summed E-state index contributed by atoms with van der Waals surface area (Å²) in [6.07, 6.45) is 2.31. The highest BCUT2D eigenvalue weighted by Gasteiger charge is 2.55. The molecule has 2 aromatic rings. The maximum absolute atomic E-state index is 13.9. The van der Waals surface area contributed by atoms with Gasteiger partial charge >= 0.3 is 6.03 Å². The lowest BCUT2D eigenvalue weighted by molar-refractivity contribution is -0.136. The van der Waals surface area contributed by atoms with Crippen molar-refractivity contribution in [3.63, 3.8) is 0 Å². The molecule has 4 aliphatic heterocycles. The molecule has 2 atom stereocenters. The number of hydrogen-bond acceptors (Lipinski definition) is 7. The molecule has 2 aromatic carbocycles. The maximum Gasteiger partial charge on any atom is 0.328 e. The molecule has 0 spiro atoms. The van der Waals surface area contributed by atoms with Gasteiger partial charge in [0.2, 0.25) is 5.96 Å². The topological polar surface area (TPSA) is 71.9 Å². The minimum atomic E-state index is -0.597. The predicted molar refractivity (Wildman–Crippen MR) is 142 cm³/mol. The quantitative estimate of drug-likeness (QED) is 0.608. The van der Waals surface area contributed by atoms with Crippen molar-refractivity contribution in [1.82, 2.24) is 19.6 Å². The van der Waals surface area contributed by atoms with E-state index in [9.17, 15) is 9.59 Å². The summed E-state index contributed by atoms with van der Waals surface area (Å²) in [5, 5.41) is 0. The van der Waals surface area contributed by atoms with Crippen LogP contribution in [-0.4, -0.2) is 96.1 Å². The lowest BCUT2D eigenvalue weighted by Gasteiger charge is -2.40. The summed E-state index contributed by atoms with van der Waals surface area (Å²) in [5.74, 6) is 0.479. The van der Waals surface area contributed by atoms with E-state index in [4.69, 9.17) is 9.73 Å². The molecular formula is C28H32N6O3. The first-order valence-corrected chi connectivity index (χ1v) is 13.0. The van der Waals surface area contributed by atoms with Gasteiger partial charge in [-0.3, -0.25) is 24.4 Å². The van der Waals surface area contributed by atoms with Crippen molar-refractivity contribution in [3.05, 3.63) is 71.9 Å². The van der Waals surface area contributed by atoms with Crippen molar-refractivity contribution in [1.29, 1.82) is 0 Å². The van der Waals surface area contributed by atoms with Crippen molar-refractivity contribution in [2.75, 3.05) is 51.3 Å². The Morgan fingerprint density at radius 1 is 0.973 bits per heavy atom. The number of imide groups is 1. The standard InChI is InChI=1S/C28H32N6O3/c1-3-20-9-7-8-12-22(20)34-23(21-10-5-4-6-11-21)19-33-24-25(29-27(33)34)30(2)28(36)32(26(24)35)14-13-31-15-17-37-18-16-31/h4-12,19,24-25H,3,13-18H2,1-2H3. The molecule has 0 aromatic heterocycles. The lowest BCUT2D eigenvalue weighted by Crippen LogP contribution is -2.65. The average molecular weight is 501 g/mol. The molecule has 0 N–H and O–H groups in total. The zero-order valence-corrected chi connectivity index (χ0v) is 21.3. The number of benzene rings is 2. The number of fused-ring (bicyclic) bond motifs is 3. The Labute approximate surface area is 217 Å². The zero-order valence-electron chi connectivity index (χ0n) is 21.3. The van der Waals surface area contributed by atoms with Crippen molar-refractivity contribution in [3.8, 4) is 0 Å². The fraction of sp³-hybridized carbons (Fsp3) is 0.393. The van der Waals surface area contributed by atoms with Crippen LogP contribution >= 0.6 is 0 Å². The van der Waals surface area contributed by atoms with E-state index in [0.717, 1.165) is 36.5 Å². The van der Waals surface area contributed by atoms with Crippen molar-refractivity contribution < 1.29 is 14.3 Å². The molecule has 0 bridgehead atoms. The maximum atomic E-state index is 13.9. The van der Waals surface area contributed by atoms with Crippen LogP contribution in [0.3, 0.4) is 0 Å². The van der Waals surface area contributed by atoms with Gasteiger partial charge in [-0.1, -0.05) is 55.5 Å². The Bertz CT molecular complexity index is 1260. The average Bonchev–Trinajstić information content (AvgIpc) is 3.49. The van der Waals surface area contributed by atoms with E-state index in [1.807, 2.05) is 41.4 Å². The second kappa shape index (κ2) is 9.64. The minimum Gasteiger partial charge on any atom is -0.379 e. The van der Waals surface area contributed by atoms with Crippen molar-refractivity contribution in [2.24, 2.45) is 4.99 Å². The monoisotopic (exact) mass is 500 g/mol. The number of carbonyl (C=O) groups is 2. The van der Waals surface area contributed by atoms with E-state index in [0.29, 0.717) is 32.3 Å². The van der Waals surface area contributed by atoms with Gasteiger partial charge in [0.15, 0.2) is 12.2 Å². The summed E-state index contributed by atoms with van der Waals surface area (Å²) in [6, 6.07) is 17.6. The number of aryl methyl sites for hydroxylation is 1. The summed E-state index contributed by atoms with van der Waals surface area (Å²) in [4.78, 5) is 41.5. The second-order valence-electron chi connectivity index (χ2n) is 9.73. The number of rotatable bonds is 6. The number of urea groups is 1. The number of guanidine groups is 1. The minimum absolute atomic E-state index is 0.200. The summed E-state index contributed by atoms with van der Waals surface area (Å²) < 4.78 is 5.43. The van der Waals surface area contributed by atoms with Gasteiger partial charge in [-0.25, -0.2) is 9.79 Å². The third kappa shape index (κ3) is 3.98. The van der Waals surface area contributed by atoms with Gasteiger partial charge < -0.3 is 9.64 Å². The highest BCUT2D eigenvalue weighted by molar-refractivity contribution is 6.16. The highest BCUT2D eigenvalue weighted by atomic mass is 16.5. The number of ether oxygens (including phenoxy) is 1. The second-order valence-corrected chi connectivity index (χ2v) is 9.73. The van der Waals surface area contributed by atoms with Crippen LogP contribution in [0.2, 0.25) is 0 Å². The number of anilines is 1. The van der Waals surface area contributed by atoms with Gasteiger partial charge in [-0.05, 0) is 18.1 Å². The molecule has 4 heterocycles. The smallest absolute Gasteiger partial charge is 0.328 e. The molecule has 9 heteroatoms. The first kappa shape index (κ1) is 23.7.